The first-order valence-electron chi connectivity index (χ1n) is 10.8. The average Bonchev–Trinajstić information content (AvgIpc) is 3.20. The lowest BCUT2D eigenvalue weighted by atomic mass is 10.1. The van der Waals surface area contributed by atoms with E-state index in [1.54, 1.807) is 26.2 Å². The number of ether oxygens (including phenoxy) is 4. The molecule has 0 aliphatic carbocycles. The Kier molecular flexibility index (Phi) is 6.79. The van der Waals surface area contributed by atoms with Crippen molar-refractivity contribution < 1.29 is 23.7 Å². The topological polar surface area (TPSA) is 60.5 Å². The molecule has 8 heteroatoms. The van der Waals surface area contributed by atoms with E-state index in [0.29, 0.717) is 24.0 Å². The number of rotatable bonds is 6. The van der Waals surface area contributed by atoms with Gasteiger partial charge < -0.3 is 28.7 Å². The van der Waals surface area contributed by atoms with Gasteiger partial charge in [0.15, 0.2) is 5.79 Å². The van der Waals surface area contributed by atoms with E-state index >= 15 is 0 Å². The number of nitrogens with zero attached hydrogens (tertiary/aromatic N) is 2. The minimum atomic E-state index is -0.879. The maximum absolute atomic E-state index is 11.5. The summed E-state index contributed by atoms with van der Waals surface area (Å²) >= 11 is 6.26. The van der Waals surface area contributed by atoms with Crippen LogP contribution in [0.5, 0.6) is 11.5 Å². The zero-order valence-electron chi connectivity index (χ0n) is 18.7. The molecule has 2 aromatic rings. The van der Waals surface area contributed by atoms with E-state index in [-0.39, 0.29) is 12.0 Å². The van der Waals surface area contributed by atoms with Gasteiger partial charge in [0.05, 0.1) is 18.7 Å². The number of benzene rings is 2. The molecule has 0 unspecified atom stereocenters. The molecule has 2 aromatic carbocycles. The zero-order chi connectivity index (χ0) is 22.7. The van der Waals surface area contributed by atoms with Crippen molar-refractivity contribution in [3.8, 4) is 11.5 Å². The summed E-state index contributed by atoms with van der Waals surface area (Å²) in [6, 6.07) is 13.5. The van der Waals surface area contributed by atoms with E-state index in [1.165, 1.54) is 0 Å². The van der Waals surface area contributed by atoms with Crippen LogP contribution in [0.1, 0.15) is 19.4 Å². The van der Waals surface area contributed by atoms with Crippen LogP contribution in [-0.4, -0.2) is 63.4 Å². The smallest absolute Gasteiger partial charge is 0.219 e. The number of hydrogen-bond acceptors (Lipinski definition) is 6. The Hall–Kier alpha value is -2.48. The third-order valence-corrected chi connectivity index (χ3v) is 6.27. The summed E-state index contributed by atoms with van der Waals surface area (Å²) < 4.78 is 23.3. The second-order valence-corrected chi connectivity index (χ2v) is 8.55. The van der Waals surface area contributed by atoms with Crippen molar-refractivity contribution in [1.29, 1.82) is 0 Å². The largest absolute Gasteiger partial charge is 0.495 e. The molecule has 0 saturated carbocycles. The van der Waals surface area contributed by atoms with Gasteiger partial charge in [-0.25, -0.2) is 0 Å². The van der Waals surface area contributed by atoms with Crippen LogP contribution in [0.2, 0.25) is 5.02 Å². The molecule has 0 radical (unpaired) electrons. The van der Waals surface area contributed by atoms with Crippen molar-refractivity contribution >= 4 is 23.2 Å². The van der Waals surface area contributed by atoms with E-state index in [1.807, 2.05) is 42.2 Å². The molecule has 0 aromatic heterocycles. The van der Waals surface area contributed by atoms with Crippen LogP contribution in [-0.2, 0) is 20.1 Å². The lowest BCUT2D eigenvalue weighted by Gasteiger charge is -2.35. The number of anilines is 1. The number of piperazine rings is 1. The molecule has 0 bridgehead atoms. The van der Waals surface area contributed by atoms with Crippen molar-refractivity contribution in [3.63, 3.8) is 0 Å². The van der Waals surface area contributed by atoms with Gasteiger partial charge >= 0.3 is 0 Å². The molecular weight excluding hydrogens is 432 g/mol. The van der Waals surface area contributed by atoms with Gasteiger partial charge in [-0.3, -0.25) is 4.79 Å². The number of hydrogen-bond donors (Lipinski definition) is 0. The molecule has 7 nitrogen and oxygen atoms in total. The van der Waals surface area contributed by atoms with Crippen molar-refractivity contribution in [2.45, 2.75) is 25.7 Å². The van der Waals surface area contributed by atoms with Gasteiger partial charge in [-0.15, -0.1) is 0 Å². The predicted molar refractivity (Wildman–Crippen MR) is 123 cm³/mol. The van der Waals surface area contributed by atoms with Crippen LogP contribution in [0.25, 0.3) is 0 Å². The minimum Gasteiger partial charge on any atom is -0.495 e. The molecule has 0 spiro atoms. The van der Waals surface area contributed by atoms with E-state index < -0.39 is 5.79 Å². The first kappa shape index (κ1) is 22.7. The number of carbonyl (C=O) groups is 1. The van der Waals surface area contributed by atoms with Crippen molar-refractivity contribution in [3.05, 3.63) is 53.1 Å². The Morgan fingerprint density at radius 1 is 1.16 bits per heavy atom. The Labute approximate surface area is 193 Å². The third-order valence-electron chi connectivity index (χ3n) is 5.98. The van der Waals surface area contributed by atoms with Crippen LogP contribution in [0.4, 0.5) is 5.69 Å². The monoisotopic (exact) mass is 460 g/mol. The lowest BCUT2D eigenvalue weighted by molar-refractivity contribution is -0.164. The van der Waals surface area contributed by atoms with E-state index in [0.717, 1.165) is 43.2 Å². The highest BCUT2D eigenvalue weighted by Gasteiger charge is 2.39. The molecule has 0 N–H and O–H groups in total. The summed E-state index contributed by atoms with van der Waals surface area (Å²) in [5.74, 6) is 0.648. The molecule has 2 fully saturated rings. The Bertz CT molecular complexity index is 946. The number of halogens is 1. The van der Waals surface area contributed by atoms with Crippen LogP contribution < -0.4 is 14.4 Å². The van der Waals surface area contributed by atoms with Crippen molar-refractivity contribution in [1.82, 2.24) is 4.90 Å². The first-order chi connectivity index (χ1) is 15.4. The molecule has 2 aliphatic heterocycles. The summed E-state index contributed by atoms with van der Waals surface area (Å²) in [4.78, 5) is 15.7. The van der Waals surface area contributed by atoms with Crippen LogP contribution in [0.3, 0.4) is 0 Å². The predicted octanol–water partition coefficient (Wildman–Crippen LogP) is 3.68. The SMILES string of the molecule is COc1ccc([C@]2(C)OC[C@H](COc3ccc(N4CCN(C(C)=O)CC4)cc3)O2)cc1Cl. The minimum absolute atomic E-state index is 0.137. The number of methoxy groups -OCH3 is 1. The molecule has 172 valence electrons. The van der Waals surface area contributed by atoms with Gasteiger partial charge in [-0.05, 0) is 49.4 Å². The molecule has 2 saturated heterocycles. The number of amides is 1. The van der Waals surface area contributed by atoms with Gasteiger partial charge in [0.25, 0.3) is 0 Å². The highest BCUT2D eigenvalue weighted by molar-refractivity contribution is 6.32. The summed E-state index contributed by atoms with van der Waals surface area (Å²) in [5.41, 5.74) is 1.96. The molecular formula is C24H29ClN2O5. The van der Waals surface area contributed by atoms with Crippen LogP contribution in [0.15, 0.2) is 42.5 Å². The Balaban J connectivity index is 1.29. The second kappa shape index (κ2) is 9.57. The summed E-state index contributed by atoms with van der Waals surface area (Å²) in [6.07, 6.45) is -0.194. The Morgan fingerprint density at radius 3 is 2.50 bits per heavy atom. The highest BCUT2D eigenvalue weighted by Crippen LogP contribution is 2.37. The van der Waals surface area contributed by atoms with Crippen molar-refractivity contribution in [2.75, 3.05) is 51.4 Å². The summed E-state index contributed by atoms with van der Waals surface area (Å²) in [7, 11) is 1.58. The van der Waals surface area contributed by atoms with Gasteiger partial charge in [0.2, 0.25) is 5.91 Å². The second-order valence-electron chi connectivity index (χ2n) is 8.14. The Morgan fingerprint density at radius 2 is 1.88 bits per heavy atom. The first-order valence-corrected chi connectivity index (χ1v) is 11.1. The fourth-order valence-electron chi connectivity index (χ4n) is 4.04. The summed E-state index contributed by atoms with van der Waals surface area (Å²) in [6.45, 7) is 7.49. The van der Waals surface area contributed by atoms with Gasteiger partial charge in [-0.1, -0.05) is 11.6 Å². The molecule has 2 heterocycles. The quantitative estimate of drug-likeness (QED) is 0.655. The number of carbonyl (C=O) groups excluding carboxylic acids is 1. The molecule has 1 amide bonds. The molecule has 2 aliphatic rings. The van der Waals surface area contributed by atoms with Gasteiger partial charge in [0, 0.05) is 44.4 Å². The van der Waals surface area contributed by atoms with E-state index in [4.69, 9.17) is 30.5 Å². The maximum Gasteiger partial charge on any atom is 0.219 e. The van der Waals surface area contributed by atoms with Crippen LogP contribution in [0, 0.1) is 0 Å². The molecule has 32 heavy (non-hydrogen) atoms. The zero-order valence-corrected chi connectivity index (χ0v) is 19.4. The highest BCUT2D eigenvalue weighted by atomic mass is 35.5. The average molecular weight is 461 g/mol. The fraction of sp³-hybridized carbons (Fsp3) is 0.458. The molecule has 2 atom stereocenters. The van der Waals surface area contributed by atoms with E-state index in [2.05, 4.69) is 4.90 Å². The maximum atomic E-state index is 11.5. The van der Waals surface area contributed by atoms with Gasteiger partial charge in [-0.2, -0.15) is 0 Å². The molecule has 4 rings (SSSR count). The summed E-state index contributed by atoms with van der Waals surface area (Å²) in [5, 5.41) is 0.515. The van der Waals surface area contributed by atoms with E-state index in [9.17, 15) is 4.79 Å². The third kappa shape index (κ3) is 4.95. The fourth-order valence-corrected chi connectivity index (χ4v) is 4.30. The lowest BCUT2D eigenvalue weighted by Crippen LogP contribution is -2.48. The normalized spacial score (nSPS) is 23.3. The van der Waals surface area contributed by atoms with Crippen LogP contribution >= 0.6 is 11.6 Å². The standard InChI is InChI=1S/C24H29ClN2O5/c1-17(28)26-10-12-27(13-11-26)19-5-7-20(8-6-19)30-15-21-16-31-24(2,32-21)18-4-9-23(29-3)22(25)14-18/h4-9,14,21H,10-13,15-16H2,1-3H3/t21-,24+/m0/s1. The van der Waals surface area contributed by atoms with Gasteiger partial charge in [0.1, 0.15) is 24.2 Å². The van der Waals surface area contributed by atoms with Crippen molar-refractivity contribution in [2.24, 2.45) is 0 Å².